The lowest BCUT2D eigenvalue weighted by atomic mass is 9.84. The molecule has 0 aromatic carbocycles. The Hall–Kier alpha value is -1.06. The molecular weight excluding hydrogens is 456 g/mol. The molecule has 0 aromatic rings. The fraction of sp³-hybridized carbons (Fsp3) is 0.929. The quantitative estimate of drug-likeness (QED) is 0.242. The second-order valence-electron chi connectivity index (χ2n) is 9.12. The summed E-state index contributed by atoms with van der Waals surface area (Å²) in [6.07, 6.45) is 10.5. The number of amides is 1. The molecule has 218 valence electrons. The molecule has 1 amide bonds. The molecule has 2 fully saturated rings. The monoisotopic (exact) mass is 518 g/mol. The highest BCUT2D eigenvalue weighted by molar-refractivity contribution is 5.82. The van der Waals surface area contributed by atoms with Crippen LogP contribution in [0.5, 0.6) is 0 Å². The molecule has 4 N–H and O–H groups in total. The zero-order valence-electron chi connectivity index (χ0n) is 23.8. The molecule has 8 nitrogen and oxygen atoms in total. The highest BCUT2D eigenvalue weighted by Crippen LogP contribution is 2.27. The van der Waals surface area contributed by atoms with Crippen molar-refractivity contribution in [3.8, 4) is 0 Å². The topological polar surface area (TPSA) is 106 Å². The Labute approximate surface area is 223 Å². The van der Waals surface area contributed by atoms with Gasteiger partial charge in [-0.2, -0.15) is 0 Å². The van der Waals surface area contributed by atoms with Crippen molar-refractivity contribution in [1.82, 2.24) is 15.5 Å². The van der Waals surface area contributed by atoms with Gasteiger partial charge in [-0.25, -0.2) is 0 Å². The number of carbonyl (C=O) groups is 2. The Morgan fingerprint density at radius 3 is 2.28 bits per heavy atom. The summed E-state index contributed by atoms with van der Waals surface area (Å²) in [6, 6.07) is 0.0313. The summed E-state index contributed by atoms with van der Waals surface area (Å²) < 4.78 is 11.3. The first-order valence-corrected chi connectivity index (χ1v) is 13.9. The summed E-state index contributed by atoms with van der Waals surface area (Å²) in [6.45, 7) is 16.3. The number of nitrogens with zero attached hydrogens (tertiary/aromatic N) is 1. The van der Waals surface area contributed by atoms with Crippen LogP contribution in [0.2, 0.25) is 0 Å². The van der Waals surface area contributed by atoms with Crippen molar-refractivity contribution in [1.29, 1.82) is 0 Å². The van der Waals surface area contributed by atoms with Gasteiger partial charge in [0.2, 0.25) is 5.91 Å². The number of rotatable bonds is 13. The molecule has 0 aromatic heterocycles. The SMILES string of the molecule is C.C=O.CC.CCC.CCC1C[C@@H](C(=O)NCCCOCNC)N(COC[C@@H](N)C2CCCCC2)C1. The molecule has 0 bridgehead atoms. The largest absolute Gasteiger partial charge is 0.366 e. The summed E-state index contributed by atoms with van der Waals surface area (Å²) in [5, 5.41) is 6.00. The van der Waals surface area contributed by atoms with E-state index in [0.29, 0.717) is 45.1 Å². The van der Waals surface area contributed by atoms with Crippen molar-refractivity contribution in [3.05, 3.63) is 0 Å². The van der Waals surface area contributed by atoms with Crippen LogP contribution >= 0.6 is 0 Å². The third-order valence-corrected chi connectivity index (χ3v) is 6.20. The molecule has 1 saturated heterocycles. The molecule has 1 heterocycles. The van der Waals surface area contributed by atoms with Crippen molar-refractivity contribution in [2.24, 2.45) is 17.6 Å². The number of ether oxygens (including phenoxy) is 2. The minimum atomic E-state index is -0.0888. The second kappa shape index (κ2) is 28.5. The number of nitrogens with two attached hydrogens (primary N) is 1. The van der Waals surface area contributed by atoms with E-state index in [4.69, 9.17) is 20.0 Å². The lowest BCUT2D eigenvalue weighted by molar-refractivity contribution is -0.127. The van der Waals surface area contributed by atoms with Crippen LogP contribution in [-0.4, -0.2) is 76.5 Å². The van der Waals surface area contributed by atoms with Crippen molar-refractivity contribution < 1.29 is 19.1 Å². The standard InChI is InChI=1S/C21H42N4O3.C3H8.C2H6.CH2O.CH4/c1-3-17-12-20(21(26)24-10-7-11-27-15-23-2)25(13-17)16-28-14-19(22)18-8-5-4-6-9-18;1-3-2;2*1-2;/h17-20,23H,3-16,22H2,1-2H3,(H,24,26);3H2,1-2H3;1-2H3;1H2;1H4/t17?,19-,20+;;;;/m1..../s1. The predicted octanol–water partition coefficient (Wildman–Crippen LogP) is 4.56. The third kappa shape index (κ3) is 18.2. The van der Waals surface area contributed by atoms with Crippen LogP contribution in [0.25, 0.3) is 0 Å². The molecular formula is C28H62N4O4. The number of hydrogen-bond donors (Lipinski definition) is 3. The maximum Gasteiger partial charge on any atom is 0.237 e. The zero-order valence-corrected chi connectivity index (χ0v) is 23.8. The van der Waals surface area contributed by atoms with Crippen LogP contribution < -0.4 is 16.4 Å². The molecule has 1 unspecified atom stereocenters. The van der Waals surface area contributed by atoms with Gasteiger partial charge in [-0.1, -0.05) is 74.1 Å². The van der Waals surface area contributed by atoms with Crippen LogP contribution in [0.1, 0.15) is 99.8 Å². The van der Waals surface area contributed by atoms with Crippen molar-refractivity contribution >= 4 is 12.7 Å². The Morgan fingerprint density at radius 2 is 1.72 bits per heavy atom. The molecule has 1 aliphatic heterocycles. The average Bonchev–Trinajstić information content (AvgIpc) is 3.32. The fourth-order valence-corrected chi connectivity index (χ4v) is 4.39. The van der Waals surface area contributed by atoms with Crippen LogP contribution in [0.3, 0.4) is 0 Å². The summed E-state index contributed by atoms with van der Waals surface area (Å²) in [7, 11) is 1.85. The first kappa shape index (κ1) is 39.5. The molecule has 3 atom stereocenters. The van der Waals surface area contributed by atoms with Gasteiger partial charge in [0.25, 0.3) is 0 Å². The van der Waals surface area contributed by atoms with Gasteiger partial charge in [-0.3, -0.25) is 15.0 Å². The normalized spacial score (nSPS) is 20.3. The number of nitrogens with one attached hydrogen (secondary N) is 2. The number of hydrogen-bond acceptors (Lipinski definition) is 7. The molecule has 0 radical (unpaired) electrons. The Balaban J connectivity index is -0.00000124. The zero-order chi connectivity index (χ0) is 26.9. The van der Waals surface area contributed by atoms with E-state index in [1.807, 2.05) is 27.7 Å². The van der Waals surface area contributed by atoms with Crippen molar-refractivity contribution in [3.63, 3.8) is 0 Å². The summed E-state index contributed by atoms with van der Waals surface area (Å²) in [5.41, 5.74) is 6.36. The van der Waals surface area contributed by atoms with Gasteiger partial charge in [0.15, 0.2) is 0 Å². The molecule has 36 heavy (non-hydrogen) atoms. The first-order valence-electron chi connectivity index (χ1n) is 13.9. The van der Waals surface area contributed by atoms with Gasteiger partial charge >= 0.3 is 0 Å². The summed E-state index contributed by atoms with van der Waals surface area (Å²) in [4.78, 5) is 22.9. The molecule has 1 saturated carbocycles. The maximum absolute atomic E-state index is 12.7. The van der Waals surface area contributed by atoms with Gasteiger partial charge in [-0.15, -0.1) is 0 Å². The predicted molar refractivity (Wildman–Crippen MR) is 153 cm³/mol. The van der Waals surface area contributed by atoms with E-state index >= 15 is 0 Å². The Kier molecular flexibility index (Phi) is 31.2. The summed E-state index contributed by atoms with van der Waals surface area (Å²) in [5.74, 6) is 1.27. The van der Waals surface area contributed by atoms with E-state index in [1.165, 1.54) is 38.5 Å². The Morgan fingerprint density at radius 1 is 1.11 bits per heavy atom. The van der Waals surface area contributed by atoms with Crippen LogP contribution in [0.15, 0.2) is 0 Å². The smallest absolute Gasteiger partial charge is 0.237 e. The van der Waals surface area contributed by atoms with E-state index in [1.54, 1.807) is 0 Å². The lowest BCUT2D eigenvalue weighted by Crippen LogP contribution is -2.45. The van der Waals surface area contributed by atoms with Gasteiger partial charge in [-0.05, 0) is 44.6 Å². The van der Waals surface area contributed by atoms with Crippen molar-refractivity contribution in [2.75, 3.05) is 46.8 Å². The Bertz CT molecular complexity index is 465. The molecule has 1 aliphatic carbocycles. The van der Waals surface area contributed by atoms with Crippen LogP contribution in [0.4, 0.5) is 0 Å². The minimum absolute atomic E-state index is 0. The number of carbonyl (C=O) groups excluding carboxylic acids is 2. The molecule has 8 heteroatoms. The van der Waals surface area contributed by atoms with Gasteiger partial charge in [0.05, 0.1) is 32.7 Å². The molecule has 0 spiro atoms. The maximum atomic E-state index is 12.7. The lowest BCUT2D eigenvalue weighted by Gasteiger charge is -2.29. The average molecular weight is 519 g/mol. The van der Waals surface area contributed by atoms with E-state index < -0.39 is 0 Å². The van der Waals surface area contributed by atoms with E-state index in [0.717, 1.165) is 25.8 Å². The fourth-order valence-electron chi connectivity index (χ4n) is 4.39. The van der Waals surface area contributed by atoms with Gasteiger partial charge in [0.1, 0.15) is 6.79 Å². The van der Waals surface area contributed by atoms with Crippen molar-refractivity contribution in [2.45, 2.75) is 112 Å². The third-order valence-electron chi connectivity index (χ3n) is 6.20. The summed E-state index contributed by atoms with van der Waals surface area (Å²) >= 11 is 0. The van der Waals surface area contributed by atoms with E-state index in [-0.39, 0.29) is 25.4 Å². The second-order valence-corrected chi connectivity index (χ2v) is 9.12. The van der Waals surface area contributed by atoms with Gasteiger partial charge in [0, 0.05) is 19.1 Å². The highest BCUT2D eigenvalue weighted by atomic mass is 16.5. The van der Waals surface area contributed by atoms with E-state index in [9.17, 15) is 4.79 Å². The first-order chi connectivity index (χ1) is 17.1. The van der Waals surface area contributed by atoms with Gasteiger partial charge < -0.3 is 25.3 Å². The molecule has 2 aliphatic rings. The van der Waals surface area contributed by atoms with Crippen LogP contribution in [0, 0.1) is 11.8 Å². The van der Waals surface area contributed by atoms with E-state index in [2.05, 4.69) is 36.3 Å². The minimum Gasteiger partial charge on any atom is -0.366 e. The van der Waals surface area contributed by atoms with Crippen LogP contribution in [-0.2, 0) is 19.1 Å². The molecule has 2 rings (SSSR count). The number of likely N-dealkylation sites (tertiary alicyclic amines) is 1. The highest BCUT2D eigenvalue weighted by Gasteiger charge is 2.36.